The Morgan fingerprint density at radius 1 is 1.15 bits per heavy atom. The second kappa shape index (κ2) is 6.39. The molecule has 0 fully saturated rings. The van der Waals surface area contributed by atoms with Crippen LogP contribution in [0.4, 0.5) is 17.1 Å². The summed E-state index contributed by atoms with van der Waals surface area (Å²) in [6.07, 6.45) is 0.408. The van der Waals surface area contributed by atoms with Crippen LogP contribution < -0.4 is 10.6 Å². The third kappa shape index (κ3) is 3.36. The quantitative estimate of drug-likeness (QED) is 0.886. The Kier molecular flexibility index (Phi) is 4.35. The van der Waals surface area contributed by atoms with E-state index in [1.807, 2.05) is 30.3 Å². The zero-order valence-corrected chi connectivity index (χ0v) is 11.2. The fourth-order valence-electron chi connectivity index (χ4n) is 1.74. The first kappa shape index (κ1) is 13.6. The molecule has 0 aliphatic carbocycles. The van der Waals surface area contributed by atoms with Crippen molar-refractivity contribution < 1.29 is 4.79 Å². The van der Waals surface area contributed by atoms with Crippen LogP contribution in [0.2, 0.25) is 0 Å². The SMILES string of the molecule is CCC(=O)Nc1ccc(C#N)cc1Nc1ccccc1. The highest BCUT2D eigenvalue weighted by atomic mass is 16.1. The summed E-state index contributed by atoms with van der Waals surface area (Å²) in [4.78, 5) is 11.5. The number of amides is 1. The van der Waals surface area contributed by atoms with Gasteiger partial charge in [0.15, 0.2) is 0 Å². The number of nitriles is 1. The first-order valence-corrected chi connectivity index (χ1v) is 6.39. The van der Waals surface area contributed by atoms with E-state index in [-0.39, 0.29) is 5.91 Å². The molecule has 0 atom stereocenters. The Bertz CT molecular complexity index is 645. The van der Waals surface area contributed by atoms with Crippen molar-refractivity contribution in [1.29, 1.82) is 5.26 Å². The summed E-state index contributed by atoms with van der Waals surface area (Å²) in [7, 11) is 0. The molecule has 0 aromatic heterocycles. The number of nitrogens with one attached hydrogen (secondary N) is 2. The fraction of sp³-hybridized carbons (Fsp3) is 0.125. The first-order chi connectivity index (χ1) is 9.72. The Morgan fingerprint density at radius 3 is 2.55 bits per heavy atom. The maximum atomic E-state index is 11.5. The number of hydrogen-bond acceptors (Lipinski definition) is 3. The molecule has 100 valence electrons. The van der Waals surface area contributed by atoms with Gasteiger partial charge >= 0.3 is 0 Å². The molecule has 0 radical (unpaired) electrons. The summed E-state index contributed by atoms with van der Waals surface area (Å²) in [5.74, 6) is -0.0641. The molecule has 2 aromatic carbocycles. The van der Waals surface area contributed by atoms with Gasteiger partial charge in [0.2, 0.25) is 5.91 Å². The van der Waals surface area contributed by atoms with Crippen molar-refractivity contribution in [3.05, 3.63) is 54.1 Å². The minimum absolute atomic E-state index is 0.0641. The molecule has 0 saturated carbocycles. The third-order valence-corrected chi connectivity index (χ3v) is 2.80. The van der Waals surface area contributed by atoms with E-state index in [1.165, 1.54) is 0 Å². The third-order valence-electron chi connectivity index (χ3n) is 2.80. The van der Waals surface area contributed by atoms with Crippen LogP contribution in [0.15, 0.2) is 48.5 Å². The van der Waals surface area contributed by atoms with Gasteiger partial charge in [0.25, 0.3) is 0 Å². The largest absolute Gasteiger partial charge is 0.354 e. The molecule has 20 heavy (non-hydrogen) atoms. The molecule has 0 saturated heterocycles. The number of benzene rings is 2. The van der Waals surface area contributed by atoms with Crippen molar-refractivity contribution in [2.45, 2.75) is 13.3 Å². The first-order valence-electron chi connectivity index (χ1n) is 6.39. The molecular formula is C16H15N3O. The zero-order valence-electron chi connectivity index (χ0n) is 11.2. The molecule has 0 bridgehead atoms. The van der Waals surface area contributed by atoms with Gasteiger partial charge in [-0.15, -0.1) is 0 Å². The molecule has 2 rings (SSSR count). The van der Waals surface area contributed by atoms with Gasteiger partial charge in [0, 0.05) is 12.1 Å². The summed E-state index contributed by atoms with van der Waals surface area (Å²) in [6.45, 7) is 1.79. The second-order valence-corrected chi connectivity index (χ2v) is 4.26. The van der Waals surface area contributed by atoms with Crippen LogP contribution in [0.3, 0.4) is 0 Å². The number of carbonyl (C=O) groups is 1. The van der Waals surface area contributed by atoms with Gasteiger partial charge < -0.3 is 10.6 Å². The van der Waals surface area contributed by atoms with E-state index in [0.29, 0.717) is 23.4 Å². The van der Waals surface area contributed by atoms with Gasteiger partial charge in [-0.05, 0) is 30.3 Å². The fourth-order valence-corrected chi connectivity index (χ4v) is 1.74. The molecule has 4 heteroatoms. The highest BCUT2D eigenvalue weighted by Crippen LogP contribution is 2.26. The smallest absolute Gasteiger partial charge is 0.224 e. The molecule has 0 unspecified atom stereocenters. The Labute approximate surface area is 118 Å². The van der Waals surface area contributed by atoms with E-state index in [0.717, 1.165) is 5.69 Å². The molecule has 1 amide bonds. The molecule has 0 heterocycles. The molecule has 4 nitrogen and oxygen atoms in total. The van der Waals surface area contributed by atoms with Crippen molar-refractivity contribution >= 4 is 23.0 Å². The number of hydrogen-bond donors (Lipinski definition) is 2. The van der Waals surface area contributed by atoms with Crippen molar-refractivity contribution in [1.82, 2.24) is 0 Å². The molecule has 2 N–H and O–H groups in total. The van der Waals surface area contributed by atoms with Crippen LogP contribution in [-0.2, 0) is 4.79 Å². The van der Waals surface area contributed by atoms with Crippen LogP contribution >= 0.6 is 0 Å². The second-order valence-electron chi connectivity index (χ2n) is 4.26. The number of anilines is 3. The maximum absolute atomic E-state index is 11.5. The maximum Gasteiger partial charge on any atom is 0.224 e. The average molecular weight is 265 g/mol. The highest BCUT2D eigenvalue weighted by Gasteiger charge is 2.07. The topological polar surface area (TPSA) is 64.9 Å². The van der Waals surface area contributed by atoms with Crippen LogP contribution in [0.5, 0.6) is 0 Å². The lowest BCUT2D eigenvalue weighted by atomic mass is 10.1. The Balaban J connectivity index is 2.32. The van der Waals surface area contributed by atoms with Gasteiger partial charge in [-0.1, -0.05) is 25.1 Å². The summed E-state index contributed by atoms with van der Waals surface area (Å²) >= 11 is 0. The highest BCUT2D eigenvalue weighted by molar-refractivity contribution is 5.94. The van der Waals surface area contributed by atoms with Crippen molar-refractivity contribution in [3.63, 3.8) is 0 Å². The normalized spacial score (nSPS) is 9.60. The Hall–Kier alpha value is -2.80. The summed E-state index contributed by atoms with van der Waals surface area (Å²) in [5.41, 5.74) is 2.81. The van der Waals surface area contributed by atoms with Crippen LogP contribution in [0.1, 0.15) is 18.9 Å². The monoisotopic (exact) mass is 265 g/mol. The molecular weight excluding hydrogens is 250 g/mol. The zero-order chi connectivity index (χ0) is 14.4. The Morgan fingerprint density at radius 2 is 1.90 bits per heavy atom. The standard InChI is InChI=1S/C16H15N3O/c1-2-16(20)19-14-9-8-12(11-17)10-15(14)18-13-6-4-3-5-7-13/h3-10,18H,2H2,1H3,(H,19,20). The van der Waals surface area contributed by atoms with Crippen molar-refractivity contribution in [3.8, 4) is 6.07 Å². The van der Waals surface area contributed by atoms with Crippen LogP contribution in [0, 0.1) is 11.3 Å². The predicted molar refractivity (Wildman–Crippen MR) is 79.8 cm³/mol. The van der Waals surface area contributed by atoms with E-state index in [1.54, 1.807) is 25.1 Å². The van der Waals surface area contributed by atoms with Gasteiger partial charge in [-0.2, -0.15) is 5.26 Å². The molecule has 0 aliphatic rings. The van der Waals surface area contributed by atoms with Crippen molar-refractivity contribution in [2.24, 2.45) is 0 Å². The number of para-hydroxylation sites is 1. The lowest BCUT2D eigenvalue weighted by Gasteiger charge is -2.13. The van der Waals surface area contributed by atoms with Gasteiger partial charge in [-0.25, -0.2) is 0 Å². The van der Waals surface area contributed by atoms with E-state index in [4.69, 9.17) is 5.26 Å². The number of rotatable bonds is 4. The average Bonchev–Trinajstić information content (AvgIpc) is 2.49. The number of carbonyl (C=O) groups excluding carboxylic acids is 1. The van der Waals surface area contributed by atoms with Gasteiger partial charge in [0.05, 0.1) is 23.0 Å². The van der Waals surface area contributed by atoms with Gasteiger partial charge in [0.1, 0.15) is 0 Å². The van der Waals surface area contributed by atoms with E-state index in [2.05, 4.69) is 16.7 Å². The summed E-state index contributed by atoms with van der Waals surface area (Å²) in [6, 6.07) is 16.8. The summed E-state index contributed by atoms with van der Waals surface area (Å²) < 4.78 is 0. The van der Waals surface area contributed by atoms with Gasteiger partial charge in [-0.3, -0.25) is 4.79 Å². The predicted octanol–water partition coefficient (Wildman–Crippen LogP) is 3.65. The van der Waals surface area contributed by atoms with Crippen LogP contribution in [0.25, 0.3) is 0 Å². The molecule has 0 aliphatic heterocycles. The lowest BCUT2D eigenvalue weighted by Crippen LogP contribution is -2.11. The van der Waals surface area contributed by atoms with Crippen LogP contribution in [-0.4, -0.2) is 5.91 Å². The summed E-state index contributed by atoms with van der Waals surface area (Å²) in [5, 5.41) is 15.0. The minimum atomic E-state index is -0.0641. The van der Waals surface area contributed by atoms with E-state index in [9.17, 15) is 4.79 Å². The lowest BCUT2D eigenvalue weighted by molar-refractivity contribution is -0.115. The van der Waals surface area contributed by atoms with E-state index < -0.39 is 0 Å². The molecule has 0 spiro atoms. The molecule has 2 aromatic rings. The minimum Gasteiger partial charge on any atom is -0.354 e. The van der Waals surface area contributed by atoms with Crippen molar-refractivity contribution in [2.75, 3.05) is 10.6 Å². The number of nitrogens with zero attached hydrogens (tertiary/aromatic N) is 1. The van der Waals surface area contributed by atoms with E-state index >= 15 is 0 Å².